The van der Waals surface area contributed by atoms with Gasteiger partial charge in [0.25, 0.3) is 11.8 Å². The Bertz CT molecular complexity index is 962. The summed E-state index contributed by atoms with van der Waals surface area (Å²) in [7, 11) is 3.19. The minimum Gasteiger partial charge on any atom is -0.493 e. The number of carbonyl (C=O) groups is 3. The lowest BCUT2D eigenvalue weighted by Crippen LogP contribution is -2.44. The molecule has 0 unspecified atom stereocenters. The van der Waals surface area contributed by atoms with Crippen molar-refractivity contribution in [2.45, 2.75) is 85.3 Å². The number of aliphatic hydroxyl groups is 1. The number of methoxy groups -OCH3 is 1. The fraction of sp³-hybridized carbons (Fsp3) is 0.719. The largest absolute Gasteiger partial charge is 0.493 e. The fourth-order valence-corrected chi connectivity index (χ4v) is 4.70. The Labute approximate surface area is 265 Å². The molecule has 0 fully saturated rings. The molecular formula is C32H57ClN4O6. The Hall–Kier alpha value is -2.40. The number of amides is 3. The lowest BCUT2D eigenvalue weighted by Gasteiger charge is -2.30. The highest BCUT2D eigenvalue weighted by molar-refractivity contribution is 6.00. The van der Waals surface area contributed by atoms with Crippen LogP contribution >= 0.6 is 12.4 Å². The van der Waals surface area contributed by atoms with Gasteiger partial charge in [-0.05, 0) is 68.1 Å². The number of hydrogen-bond acceptors (Lipinski definition) is 7. The molecule has 1 aromatic carbocycles. The number of carbonyl (C=O) groups excluding carboxylic acids is 3. The minimum absolute atomic E-state index is 0. The molecule has 0 saturated carbocycles. The molecule has 6 N–H and O–H groups in total. The van der Waals surface area contributed by atoms with Crippen LogP contribution in [0.3, 0.4) is 0 Å². The van der Waals surface area contributed by atoms with Crippen molar-refractivity contribution in [3.05, 3.63) is 29.3 Å². The zero-order valence-electron chi connectivity index (χ0n) is 27.2. The van der Waals surface area contributed by atoms with Crippen molar-refractivity contribution in [2.24, 2.45) is 29.4 Å². The van der Waals surface area contributed by atoms with Crippen LogP contribution in [0.15, 0.2) is 18.2 Å². The summed E-state index contributed by atoms with van der Waals surface area (Å²) in [6, 6.07) is 4.24. The van der Waals surface area contributed by atoms with E-state index in [4.69, 9.17) is 15.2 Å². The molecule has 0 heterocycles. The first-order chi connectivity index (χ1) is 20.0. The highest BCUT2D eigenvalue weighted by Gasteiger charge is 2.30. The summed E-state index contributed by atoms with van der Waals surface area (Å²) in [5.74, 6) is -0.351. The third-order valence-corrected chi connectivity index (χ3v) is 7.72. The average Bonchev–Trinajstić information content (AvgIpc) is 2.96. The fourth-order valence-electron chi connectivity index (χ4n) is 4.70. The molecular weight excluding hydrogens is 572 g/mol. The van der Waals surface area contributed by atoms with E-state index in [0.29, 0.717) is 49.6 Å². The van der Waals surface area contributed by atoms with Gasteiger partial charge in [0.2, 0.25) is 5.91 Å². The van der Waals surface area contributed by atoms with Crippen molar-refractivity contribution in [1.82, 2.24) is 16.0 Å². The second-order valence-corrected chi connectivity index (χ2v) is 11.8. The Kier molecular flexibility index (Phi) is 20.9. The van der Waals surface area contributed by atoms with E-state index in [0.717, 1.165) is 25.7 Å². The third kappa shape index (κ3) is 14.8. The van der Waals surface area contributed by atoms with Gasteiger partial charge in [0.05, 0.1) is 18.3 Å². The lowest BCUT2D eigenvalue weighted by molar-refractivity contribution is -0.127. The number of halogens is 1. The molecule has 0 spiro atoms. The summed E-state index contributed by atoms with van der Waals surface area (Å²) in [5.41, 5.74) is 7.20. The molecule has 0 bridgehead atoms. The number of rotatable bonds is 21. The van der Waals surface area contributed by atoms with Gasteiger partial charge in [-0.2, -0.15) is 0 Å². The highest BCUT2D eigenvalue weighted by Crippen LogP contribution is 2.25. The predicted molar refractivity (Wildman–Crippen MR) is 174 cm³/mol. The van der Waals surface area contributed by atoms with Crippen molar-refractivity contribution >= 4 is 30.1 Å². The summed E-state index contributed by atoms with van der Waals surface area (Å²) in [5, 5.41) is 19.5. The molecule has 0 aliphatic heterocycles. The molecule has 0 aliphatic carbocycles. The molecule has 4 atom stereocenters. The molecule has 1 rings (SSSR count). The second kappa shape index (κ2) is 22.2. The number of hydrogen-bond donors (Lipinski definition) is 5. The minimum atomic E-state index is -0.846. The molecule has 0 radical (unpaired) electrons. The summed E-state index contributed by atoms with van der Waals surface area (Å²) in [4.78, 5) is 38.2. The highest BCUT2D eigenvalue weighted by atomic mass is 35.5. The first-order valence-electron chi connectivity index (χ1n) is 15.4. The number of unbranched alkanes of at least 4 members (excludes halogenated alkanes) is 2. The maximum Gasteiger partial charge on any atom is 0.255 e. The molecule has 10 nitrogen and oxygen atoms in total. The lowest BCUT2D eigenvalue weighted by atomic mass is 9.83. The standard InChI is InChI=1S/C32H56N4O6.ClH/c1-8-9-14-35-32(40)26(22(4)5)19-28(37)27(33)17-24(21(2)3)20-36-31(39)25-13-12-23(30(38)34-6)18-29(25)42-16-11-10-15-41-7;/h12-13,18,21-22,24,26-28,37H,8-11,14-17,19-20,33H2,1-7H3,(H,34,38)(H,35,40)(H,36,39);1H/t24-,26+,27+,28+;/m1./s1. The van der Waals surface area contributed by atoms with Gasteiger partial charge in [-0.15, -0.1) is 12.4 Å². The van der Waals surface area contributed by atoms with E-state index in [1.165, 1.54) is 0 Å². The first kappa shape index (κ1) is 40.6. The van der Waals surface area contributed by atoms with Crippen molar-refractivity contribution in [1.29, 1.82) is 0 Å². The van der Waals surface area contributed by atoms with Gasteiger partial charge in [0, 0.05) is 51.4 Å². The molecule has 11 heteroatoms. The summed E-state index contributed by atoms with van der Waals surface area (Å²) < 4.78 is 11.0. The number of ether oxygens (including phenoxy) is 2. The van der Waals surface area contributed by atoms with E-state index in [1.54, 1.807) is 32.4 Å². The van der Waals surface area contributed by atoms with Gasteiger partial charge in [-0.1, -0.05) is 41.0 Å². The van der Waals surface area contributed by atoms with Crippen LogP contribution in [-0.2, 0) is 9.53 Å². The van der Waals surface area contributed by atoms with E-state index in [9.17, 15) is 19.5 Å². The smallest absolute Gasteiger partial charge is 0.255 e. The van der Waals surface area contributed by atoms with Gasteiger partial charge in [-0.3, -0.25) is 14.4 Å². The van der Waals surface area contributed by atoms with E-state index in [1.807, 2.05) is 13.8 Å². The van der Waals surface area contributed by atoms with Crippen LogP contribution < -0.4 is 26.4 Å². The summed E-state index contributed by atoms with van der Waals surface area (Å²) in [6.07, 6.45) is 3.40. The van der Waals surface area contributed by atoms with Gasteiger partial charge >= 0.3 is 0 Å². The van der Waals surface area contributed by atoms with Crippen molar-refractivity contribution in [3.63, 3.8) is 0 Å². The van der Waals surface area contributed by atoms with Crippen LogP contribution in [0, 0.1) is 23.7 Å². The molecule has 1 aromatic rings. The van der Waals surface area contributed by atoms with Crippen LogP contribution in [-0.4, -0.2) is 75.4 Å². The van der Waals surface area contributed by atoms with Crippen LogP contribution in [0.1, 0.15) is 93.9 Å². The SMILES string of the molecule is CCCCNC(=O)[C@@H](C[C@H](O)[C@@H](N)C[C@H](CNC(=O)c1ccc(C(=O)NC)cc1OCCCCOC)C(C)C)C(C)C.Cl. The zero-order chi connectivity index (χ0) is 31.7. The van der Waals surface area contributed by atoms with Gasteiger partial charge in [-0.25, -0.2) is 0 Å². The monoisotopic (exact) mass is 628 g/mol. The topological polar surface area (TPSA) is 152 Å². The molecule has 3 amide bonds. The molecule has 0 aliphatic rings. The van der Waals surface area contributed by atoms with Crippen LogP contribution in [0.25, 0.3) is 0 Å². The van der Waals surface area contributed by atoms with Crippen LogP contribution in [0.4, 0.5) is 0 Å². The van der Waals surface area contributed by atoms with E-state index in [2.05, 4.69) is 36.7 Å². The Morgan fingerprint density at radius 3 is 2.21 bits per heavy atom. The molecule has 0 aromatic heterocycles. The Balaban J connectivity index is 0.0000176. The van der Waals surface area contributed by atoms with Gasteiger partial charge in [0.1, 0.15) is 5.75 Å². The maximum atomic E-state index is 13.3. The van der Waals surface area contributed by atoms with Gasteiger partial charge < -0.3 is 36.3 Å². The molecule has 0 saturated heterocycles. The first-order valence-corrected chi connectivity index (χ1v) is 15.4. The zero-order valence-corrected chi connectivity index (χ0v) is 28.1. The van der Waals surface area contributed by atoms with E-state index in [-0.39, 0.29) is 60.2 Å². The molecule has 248 valence electrons. The van der Waals surface area contributed by atoms with Crippen LogP contribution in [0.2, 0.25) is 0 Å². The Morgan fingerprint density at radius 1 is 0.953 bits per heavy atom. The third-order valence-electron chi connectivity index (χ3n) is 7.72. The quantitative estimate of drug-likeness (QED) is 0.129. The van der Waals surface area contributed by atoms with E-state index < -0.39 is 12.1 Å². The van der Waals surface area contributed by atoms with Crippen molar-refractivity contribution in [2.75, 3.05) is 40.5 Å². The second-order valence-electron chi connectivity index (χ2n) is 11.8. The number of nitrogens with two attached hydrogens (primary N) is 1. The van der Waals surface area contributed by atoms with Gasteiger partial charge in [0.15, 0.2) is 0 Å². The van der Waals surface area contributed by atoms with Crippen LogP contribution in [0.5, 0.6) is 5.75 Å². The van der Waals surface area contributed by atoms with Crippen molar-refractivity contribution in [3.8, 4) is 5.75 Å². The maximum absolute atomic E-state index is 13.3. The number of aliphatic hydroxyl groups excluding tert-OH is 1. The summed E-state index contributed by atoms with van der Waals surface area (Å²) in [6.45, 7) is 12.1. The normalized spacial score (nSPS) is 13.9. The van der Waals surface area contributed by atoms with Crippen molar-refractivity contribution < 1.29 is 29.0 Å². The Morgan fingerprint density at radius 2 is 1.63 bits per heavy atom. The van der Waals surface area contributed by atoms with E-state index >= 15 is 0 Å². The molecule has 43 heavy (non-hydrogen) atoms. The number of nitrogens with one attached hydrogen (secondary N) is 3. The average molecular weight is 629 g/mol. The summed E-state index contributed by atoms with van der Waals surface area (Å²) >= 11 is 0. The number of benzene rings is 1. The predicted octanol–water partition coefficient (Wildman–Crippen LogP) is 3.93.